The average molecular weight is 532 g/mol. The SMILES string of the molecule is Cc1ccc(C(NC(=O)C2CCCN(S(=O)(=O)Cc3ccc(Cl)cc3Cl)C2)c2ccccc2)cc1. The van der Waals surface area contributed by atoms with Gasteiger partial charge in [-0.15, -0.1) is 0 Å². The first kappa shape index (κ1) is 25.7. The highest BCUT2D eigenvalue weighted by molar-refractivity contribution is 7.88. The topological polar surface area (TPSA) is 66.5 Å². The number of carbonyl (C=O) groups is 1. The van der Waals surface area contributed by atoms with E-state index in [2.05, 4.69) is 5.32 Å². The third kappa shape index (κ3) is 6.44. The molecular weight excluding hydrogens is 503 g/mol. The van der Waals surface area contributed by atoms with E-state index in [9.17, 15) is 13.2 Å². The predicted octanol–water partition coefficient (Wildman–Crippen LogP) is 5.75. The van der Waals surface area contributed by atoms with Gasteiger partial charge in [0.05, 0.1) is 17.7 Å². The molecule has 0 bridgehead atoms. The van der Waals surface area contributed by atoms with Crippen molar-refractivity contribution < 1.29 is 13.2 Å². The molecule has 1 saturated heterocycles. The van der Waals surface area contributed by atoms with Gasteiger partial charge in [-0.25, -0.2) is 12.7 Å². The summed E-state index contributed by atoms with van der Waals surface area (Å²) in [5.41, 5.74) is 3.59. The van der Waals surface area contributed by atoms with Crippen LogP contribution in [0.3, 0.4) is 0 Å². The van der Waals surface area contributed by atoms with Crippen molar-refractivity contribution in [2.45, 2.75) is 31.6 Å². The van der Waals surface area contributed by atoms with Crippen molar-refractivity contribution in [2.24, 2.45) is 5.92 Å². The number of amides is 1. The third-order valence-electron chi connectivity index (χ3n) is 6.33. The average Bonchev–Trinajstić information content (AvgIpc) is 2.85. The molecule has 1 amide bonds. The summed E-state index contributed by atoms with van der Waals surface area (Å²) >= 11 is 12.1. The lowest BCUT2D eigenvalue weighted by atomic mass is 9.94. The summed E-state index contributed by atoms with van der Waals surface area (Å²) in [6.07, 6.45) is 1.25. The van der Waals surface area contributed by atoms with Crippen LogP contribution in [-0.2, 0) is 20.6 Å². The maximum Gasteiger partial charge on any atom is 0.225 e. The standard InChI is InChI=1S/C27H28Cl2N2O3S/c1-19-9-11-21(12-10-19)26(20-6-3-2-4-7-20)30-27(32)22-8-5-15-31(17-22)35(33,34)18-23-13-14-24(28)16-25(23)29/h2-4,6-7,9-14,16,22,26H,5,8,15,17-18H2,1H3,(H,30,32). The van der Waals surface area contributed by atoms with Crippen molar-refractivity contribution in [3.05, 3.63) is 105 Å². The molecule has 1 heterocycles. The van der Waals surface area contributed by atoms with Gasteiger partial charge in [-0.1, -0.05) is 89.4 Å². The van der Waals surface area contributed by atoms with Crippen molar-refractivity contribution >= 4 is 39.1 Å². The lowest BCUT2D eigenvalue weighted by molar-refractivity contribution is -0.126. The van der Waals surface area contributed by atoms with Crippen molar-refractivity contribution in [1.29, 1.82) is 0 Å². The molecule has 2 atom stereocenters. The molecule has 2 unspecified atom stereocenters. The number of nitrogens with zero attached hydrogens (tertiary/aromatic N) is 1. The lowest BCUT2D eigenvalue weighted by Gasteiger charge is -2.32. The Kier molecular flexibility index (Phi) is 8.17. The van der Waals surface area contributed by atoms with Crippen LogP contribution in [0.4, 0.5) is 0 Å². The van der Waals surface area contributed by atoms with Crippen LogP contribution in [0.25, 0.3) is 0 Å². The maximum absolute atomic E-state index is 13.4. The molecule has 0 aliphatic carbocycles. The first-order chi connectivity index (χ1) is 16.7. The zero-order valence-corrected chi connectivity index (χ0v) is 21.8. The van der Waals surface area contributed by atoms with E-state index in [1.165, 1.54) is 10.4 Å². The highest BCUT2D eigenvalue weighted by atomic mass is 35.5. The molecular formula is C27H28Cl2N2O3S. The van der Waals surface area contributed by atoms with Gasteiger partial charge in [0, 0.05) is 23.1 Å². The summed E-state index contributed by atoms with van der Waals surface area (Å²) < 4.78 is 27.7. The molecule has 0 aromatic heterocycles. The third-order valence-corrected chi connectivity index (χ3v) is 8.71. The largest absolute Gasteiger partial charge is 0.345 e. The number of piperidine rings is 1. The Morgan fingerprint density at radius 1 is 1.03 bits per heavy atom. The summed E-state index contributed by atoms with van der Waals surface area (Å²) in [5.74, 6) is -0.812. The van der Waals surface area contributed by atoms with E-state index in [4.69, 9.17) is 23.2 Å². The second kappa shape index (κ2) is 11.1. The van der Waals surface area contributed by atoms with Crippen molar-refractivity contribution in [1.82, 2.24) is 9.62 Å². The summed E-state index contributed by atoms with van der Waals surface area (Å²) in [6, 6.07) is 22.3. The number of nitrogens with one attached hydrogen (secondary N) is 1. The molecule has 1 aliphatic heterocycles. The Morgan fingerprint density at radius 3 is 2.40 bits per heavy atom. The van der Waals surface area contributed by atoms with E-state index in [1.54, 1.807) is 12.1 Å². The minimum absolute atomic E-state index is 0.148. The van der Waals surface area contributed by atoms with Gasteiger partial charge in [0.2, 0.25) is 15.9 Å². The molecule has 1 N–H and O–H groups in total. The molecule has 0 radical (unpaired) electrons. The van der Waals surface area contributed by atoms with Gasteiger partial charge in [0.1, 0.15) is 0 Å². The van der Waals surface area contributed by atoms with Gasteiger partial charge < -0.3 is 5.32 Å². The number of benzene rings is 3. The van der Waals surface area contributed by atoms with Crippen molar-refractivity contribution in [2.75, 3.05) is 13.1 Å². The van der Waals surface area contributed by atoms with Crippen LogP contribution in [0.15, 0.2) is 72.8 Å². The second-order valence-electron chi connectivity index (χ2n) is 8.95. The molecule has 3 aromatic rings. The quantitative estimate of drug-likeness (QED) is 0.422. The number of hydrogen-bond acceptors (Lipinski definition) is 3. The first-order valence-corrected chi connectivity index (χ1v) is 13.9. The van der Waals surface area contributed by atoms with E-state index < -0.39 is 15.9 Å². The molecule has 0 saturated carbocycles. The molecule has 8 heteroatoms. The van der Waals surface area contributed by atoms with Crippen LogP contribution >= 0.6 is 23.2 Å². The van der Waals surface area contributed by atoms with Gasteiger partial charge in [-0.3, -0.25) is 4.79 Å². The second-order valence-corrected chi connectivity index (χ2v) is 11.8. The fraction of sp³-hybridized carbons (Fsp3) is 0.296. The molecule has 35 heavy (non-hydrogen) atoms. The number of aryl methyl sites for hydroxylation is 1. The fourth-order valence-electron chi connectivity index (χ4n) is 4.36. The smallest absolute Gasteiger partial charge is 0.225 e. The minimum atomic E-state index is -3.65. The zero-order valence-electron chi connectivity index (χ0n) is 19.5. The highest BCUT2D eigenvalue weighted by Crippen LogP contribution is 2.28. The van der Waals surface area contributed by atoms with E-state index in [-0.39, 0.29) is 24.2 Å². The number of halogens is 2. The molecule has 4 rings (SSSR count). The summed E-state index contributed by atoms with van der Waals surface area (Å²) in [6.45, 7) is 2.56. The van der Waals surface area contributed by atoms with E-state index in [1.807, 2.05) is 61.5 Å². The molecule has 1 fully saturated rings. The summed E-state index contributed by atoms with van der Waals surface area (Å²) in [7, 11) is -3.65. The van der Waals surface area contributed by atoms with Gasteiger partial charge in [0.25, 0.3) is 0 Å². The Labute approximate surface area is 217 Å². The number of carbonyl (C=O) groups excluding carboxylic acids is 1. The van der Waals surface area contributed by atoms with Gasteiger partial charge in [0.15, 0.2) is 0 Å². The molecule has 3 aromatic carbocycles. The first-order valence-electron chi connectivity index (χ1n) is 11.6. The number of rotatable bonds is 7. The van der Waals surface area contributed by atoms with Crippen molar-refractivity contribution in [3.63, 3.8) is 0 Å². The Balaban J connectivity index is 1.50. The summed E-state index contributed by atoms with van der Waals surface area (Å²) in [4.78, 5) is 13.4. The van der Waals surface area contributed by atoms with Gasteiger partial charge in [-0.2, -0.15) is 0 Å². The molecule has 184 valence electrons. The van der Waals surface area contributed by atoms with E-state index >= 15 is 0 Å². The van der Waals surface area contributed by atoms with E-state index in [0.29, 0.717) is 35.0 Å². The van der Waals surface area contributed by atoms with Crippen LogP contribution in [0.5, 0.6) is 0 Å². The molecule has 1 aliphatic rings. The monoisotopic (exact) mass is 530 g/mol. The number of hydrogen-bond donors (Lipinski definition) is 1. The van der Waals surface area contributed by atoms with E-state index in [0.717, 1.165) is 16.7 Å². The normalized spacial score (nSPS) is 17.6. The number of sulfonamides is 1. The van der Waals surface area contributed by atoms with Crippen LogP contribution in [0.2, 0.25) is 10.0 Å². The van der Waals surface area contributed by atoms with Gasteiger partial charge >= 0.3 is 0 Å². The lowest BCUT2D eigenvalue weighted by Crippen LogP contribution is -2.46. The zero-order chi connectivity index (χ0) is 25.0. The predicted molar refractivity (Wildman–Crippen MR) is 141 cm³/mol. The maximum atomic E-state index is 13.4. The van der Waals surface area contributed by atoms with Gasteiger partial charge in [-0.05, 0) is 48.6 Å². The minimum Gasteiger partial charge on any atom is -0.345 e. The fourth-order valence-corrected chi connectivity index (χ4v) is 6.56. The molecule has 0 spiro atoms. The van der Waals surface area contributed by atoms with Crippen molar-refractivity contribution in [3.8, 4) is 0 Å². The van der Waals surface area contributed by atoms with Crippen LogP contribution in [-0.4, -0.2) is 31.7 Å². The highest BCUT2D eigenvalue weighted by Gasteiger charge is 2.33. The Hall–Kier alpha value is -2.38. The van der Waals surface area contributed by atoms with Crippen LogP contribution in [0, 0.1) is 12.8 Å². The molecule has 5 nitrogen and oxygen atoms in total. The van der Waals surface area contributed by atoms with Crippen LogP contribution in [0.1, 0.15) is 41.1 Å². The van der Waals surface area contributed by atoms with Crippen LogP contribution < -0.4 is 5.32 Å². The summed E-state index contributed by atoms with van der Waals surface area (Å²) in [5, 5.41) is 3.95. The Morgan fingerprint density at radius 2 is 1.71 bits per heavy atom. The Bertz CT molecular complexity index is 1280.